The highest BCUT2D eigenvalue weighted by molar-refractivity contribution is 7.09. The van der Waals surface area contributed by atoms with Crippen LogP contribution in [0, 0.1) is 0 Å². The Morgan fingerprint density at radius 3 is 2.81 bits per heavy atom. The van der Waals surface area contributed by atoms with Gasteiger partial charge in [-0.25, -0.2) is 0 Å². The average molecular weight is 302 g/mol. The molecule has 0 radical (unpaired) electrons. The summed E-state index contributed by atoms with van der Waals surface area (Å²) in [6.45, 7) is 4.63. The van der Waals surface area contributed by atoms with Gasteiger partial charge in [-0.15, -0.1) is 11.3 Å². The van der Waals surface area contributed by atoms with E-state index in [1.54, 1.807) is 0 Å². The van der Waals surface area contributed by atoms with E-state index in [-0.39, 0.29) is 0 Å². The summed E-state index contributed by atoms with van der Waals surface area (Å²) in [6, 6.07) is 11.0. The van der Waals surface area contributed by atoms with Crippen molar-refractivity contribution in [2.45, 2.75) is 38.9 Å². The van der Waals surface area contributed by atoms with E-state index in [2.05, 4.69) is 28.5 Å². The number of anilines is 1. The third kappa shape index (κ3) is 3.77. The molecule has 0 unspecified atom stereocenters. The first-order valence-corrected chi connectivity index (χ1v) is 8.42. The first-order chi connectivity index (χ1) is 10.3. The standard InChI is InChI=1S/C17H22N2OS/c1-2-20-17-8-5-14(18)10-13(17)11-19(15-6-7-15)12-16-4-3-9-21-16/h3-5,8-10,15H,2,6-7,11-12,18H2,1H3. The molecule has 4 heteroatoms. The average Bonchev–Trinajstić information content (AvgIpc) is 3.19. The Bertz CT molecular complexity index is 578. The lowest BCUT2D eigenvalue weighted by Gasteiger charge is -2.23. The molecule has 0 bridgehead atoms. The van der Waals surface area contributed by atoms with E-state index in [9.17, 15) is 0 Å². The SMILES string of the molecule is CCOc1ccc(N)cc1CN(Cc1cccs1)C1CC1. The van der Waals surface area contributed by atoms with Gasteiger partial charge in [0.25, 0.3) is 0 Å². The summed E-state index contributed by atoms with van der Waals surface area (Å²) in [5.74, 6) is 0.962. The summed E-state index contributed by atoms with van der Waals surface area (Å²) >= 11 is 1.83. The van der Waals surface area contributed by atoms with Crippen LogP contribution in [-0.4, -0.2) is 17.5 Å². The van der Waals surface area contributed by atoms with Crippen molar-refractivity contribution >= 4 is 17.0 Å². The van der Waals surface area contributed by atoms with Crippen molar-refractivity contribution < 1.29 is 4.74 Å². The van der Waals surface area contributed by atoms with Gasteiger partial charge in [0.15, 0.2) is 0 Å². The van der Waals surface area contributed by atoms with Crippen LogP contribution in [0.2, 0.25) is 0 Å². The van der Waals surface area contributed by atoms with Gasteiger partial charge in [0.1, 0.15) is 5.75 Å². The summed E-state index contributed by atoms with van der Waals surface area (Å²) in [7, 11) is 0. The fourth-order valence-corrected chi connectivity index (χ4v) is 3.32. The van der Waals surface area contributed by atoms with Gasteiger partial charge in [-0.1, -0.05) is 6.07 Å². The van der Waals surface area contributed by atoms with Crippen molar-refractivity contribution in [1.29, 1.82) is 0 Å². The lowest BCUT2D eigenvalue weighted by Crippen LogP contribution is -2.25. The van der Waals surface area contributed by atoms with E-state index in [0.717, 1.165) is 24.5 Å². The van der Waals surface area contributed by atoms with Gasteiger partial charge in [-0.2, -0.15) is 0 Å². The van der Waals surface area contributed by atoms with Crippen LogP contribution in [0.5, 0.6) is 5.75 Å². The number of nitrogens with zero attached hydrogens (tertiary/aromatic N) is 1. The van der Waals surface area contributed by atoms with Gasteiger partial charge in [0, 0.05) is 35.3 Å². The van der Waals surface area contributed by atoms with Crippen LogP contribution >= 0.6 is 11.3 Å². The largest absolute Gasteiger partial charge is 0.494 e. The molecule has 0 aliphatic heterocycles. The first kappa shape index (κ1) is 14.4. The fraction of sp³-hybridized carbons (Fsp3) is 0.412. The minimum Gasteiger partial charge on any atom is -0.494 e. The van der Waals surface area contributed by atoms with Crippen LogP contribution in [0.4, 0.5) is 5.69 Å². The number of hydrogen-bond acceptors (Lipinski definition) is 4. The minimum atomic E-state index is 0.686. The maximum atomic E-state index is 5.96. The molecule has 0 spiro atoms. The van der Waals surface area contributed by atoms with Crippen molar-refractivity contribution in [1.82, 2.24) is 4.90 Å². The molecule has 1 aromatic heterocycles. The molecule has 0 atom stereocenters. The van der Waals surface area contributed by atoms with E-state index >= 15 is 0 Å². The normalized spacial score (nSPS) is 14.6. The number of hydrogen-bond donors (Lipinski definition) is 1. The third-order valence-corrected chi connectivity index (χ3v) is 4.62. The Morgan fingerprint density at radius 2 is 2.14 bits per heavy atom. The van der Waals surface area contributed by atoms with E-state index in [0.29, 0.717) is 12.6 Å². The number of nitrogens with two attached hydrogens (primary N) is 1. The molecular formula is C17H22N2OS. The van der Waals surface area contributed by atoms with Gasteiger partial charge >= 0.3 is 0 Å². The molecule has 112 valence electrons. The third-order valence-electron chi connectivity index (χ3n) is 3.76. The van der Waals surface area contributed by atoms with Crippen molar-refractivity contribution in [3.8, 4) is 5.75 Å². The predicted molar refractivity (Wildman–Crippen MR) is 88.6 cm³/mol. The molecule has 2 aromatic rings. The molecule has 1 fully saturated rings. The molecule has 1 heterocycles. The molecule has 21 heavy (non-hydrogen) atoms. The highest BCUT2D eigenvalue weighted by atomic mass is 32.1. The van der Waals surface area contributed by atoms with Crippen LogP contribution in [0.15, 0.2) is 35.7 Å². The van der Waals surface area contributed by atoms with Gasteiger partial charge in [-0.3, -0.25) is 4.90 Å². The number of rotatable bonds is 7. The molecule has 1 saturated carbocycles. The number of ether oxygens (including phenoxy) is 1. The van der Waals surface area contributed by atoms with Crippen LogP contribution in [-0.2, 0) is 13.1 Å². The summed E-state index contributed by atoms with van der Waals surface area (Å²) in [6.07, 6.45) is 2.61. The van der Waals surface area contributed by atoms with E-state index in [4.69, 9.17) is 10.5 Å². The van der Waals surface area contributed by atoms with E-state index in [1.165, 1.54) is 23.3 Å². The van der Waals surface area contributed by atoms with Crippen molar-refractivity contribution in [2.24, 2.45) is 0 Å². The smallest absolute Gasteiger partial charge is 0.123 e. The number of thiophene rings is 1. The zero-order chi connectivity index (χ0) is 14.7. The molecule has 0 saturated heterocycles. The molecule has 1 aliphatic rings. The molecule has 1 aromatic carbocycles. The molecule has 3 rings (SSSR count). The van der Waals surface area contributed by atoms with Gasteiger partial charge in [-0.05, 0) is 49.4 Å². The Labute approximate surface area is 130 Å². The second-order valence-electron chi connectivity index (χ2n) is 5.52. The minimum absolute atomic E-state index is 0.686. The van der Waals surface area contributed by atoms with Gasteiger partial charge in [0.05, 0.1) is 6.61 Å². The maximum absolute atomic E-state index is 5.96. The van der Waals surface area contributed by atoms with Crippen molar-refractivity contribution in [3.63, 3.8) is 0 Å². The van der Waals surface area contributed by atoms with E-state index in [1.807, 2.05) is 30.4 Å². The highest BCUT2D eigenvalue weighted by Crippen LogP contribution is 2.33. The van der Waals surface area contributed by atoms with Crippen molar-refractivity contribution in [3.05, 3.63) is 46.2 Å². The van der Waals surface area contributed by atoms with Crippen LogP contribution in [0.1, 0.15) is 30.2 Å². The lowest BCUT2D eigenvalue weighted by molar-refractivity contribution is 0.241. The Kier molecular flexibility index (Phi) is 4.46. The Morgan fingerprint density at radius 1 is 1.29 bits per heavy atom. The number of nitrogen functional groups attached to an aromatic ring is 1. The fourth-order valence-electron chi connectivity index (χ4n) is 2.59. The van der Waals surface area contributed by atoms with Crippen LogP contribution in [0.25, 0.3) is 0 Å². The second kappa shape index (κ2) is 6.50. The Balaban J connectivity index is 1.77. The molecule has 0 amide bonds. The van der Waals surface area contributed by atoms with E-state index < -0.39 is 0 Å². The molecule has 1 aliphatic carbocycles. The maximum Gasteiger partial charge on any atom is 0.123 e. The van der Waals surface area contributed by atoms with Crippen LogP contribution < -0.4 is 10.5 Å². The Hall–Kier alpha value is -1.52. The quantitative estimate of drug-likeness (QED) is 0.789. The summed E-state index contributed by atoms with van der Waals surface area (Å²) in [5, 5.41) is 2.15. The molecular weight excluding hydrogens is 280 g/mol. The second-order valence-corrected chi connectivity index (χ2v) is 6.55. The first-order valence-electron chi connectivity index (χ1n) is 7.54. The summed E-state index contributed by atoms with van der Waals surface area (Å²) in [5.41, 5.74) is 7.96. The topological polar surface area (TPSA) is 38.5 Å². The number of benzene rings is 1. The summed E-state index contributed by atoms with van der Waals surface area (Å²) in [4.78, 5) is 3.96. The highest BCUT2D eigenvalue weighted by Gasteiger charge is 2.29. The molecule has 3 nitrogen and oxygen atoms in total. The van der Waals surface area contributed by atoms with Crippen LogP contribution in [0.3, 0.4) is 0 Å². The lowest BCUT2D eigenvalue weighted by atomic mass is 10.1. The predicted octanol–water partition coefficient (Wildman–Crippen LogP) is 3.89. The molecule has 2 N–H and O–H groups in total. The van der Waals surface area contributed by atoms with Gasteiger partial charge < -0.3 is 10.5 Å². The van der Waals surface area contributed by atoms with Crippen molar-refractivity contribution in [2.75, 3.05) is 12.3 Å². The zero-order valence-corrected chi connectivity index (χ0v) is 13.2. The zero-order valence-electron chi connectivity index (χ0n) is 12.4. The van der Waals surface area contributed by atoms with Gasteiger partial charge in [0.2, 0.25) is 0 Å². The summed E-state index contributed by atoms with van der Waals surface area (Å²) < 4.78 is 5.75. The monoisotopic (exact) mass is 302 g/mol.